The first-order valence-corrected chi connectivity index (χ1v) is 6.67. The van der Waals surface area contributed by atoms with Crippen LogP contribution in [0.5, 0.6) is 11.5 Å². The molecule has 0 fully saturated rings. The summed E-state index contributed by atoms with van der Waals surface area (Å²) < 4.78 is 11.4. The normalized spacial score (nSPS) is 13.7. The van der Waals surface area contributed by atoms with Gasteiger partial charge in [-0.25, -0.2) is 4.98 Å². The molecular formula is C16H14N2O2. The van der Waals surface area contributed by atoms with Crippen LogP contribution in [-0.4, -0.2) is 23.2 Å². The van der Waals surface area contributed by atoms with Crippen LogP contribution in [0, 0.1) is 6.92 Å². The Labute approximate surface area is 116 Å². The Hall–Kier alpha value is -2.49. The van der Waals surface area contributed by atoms with Crippen molar-refractivity contribution in [2.24, 2.45) is 0 Å². The van der Waals surface area contributed by atoms with Crippen molar-refractivity contribution in [2.45, 2.75) is 6.92 Å². The fourth-order valence-electron chi connectivity index (χ4n) is 2.56. The van der Waals surface area contributed by atoms with E-state index in [2.05, 4.69) is 18.0 Å². The van der Waals surface area contributed by atoms with Crippen molar-refractivity contribution in [3.63, 3.8) is 0 Å². The number of imidazole rings is 1. The minimum absolute atomic E-state index is 0.573. The maximum atomic E-state index is 5.75. The van der Waals surface area contributed by atoms with Crippen LogP contribution in [-0.2, 0) is 0 Å². The fraction of sp³-hybridized carbons (Fsp3) is 0.188. The molecule has 100 valence electrons. The van der Waals surface area contributed by atoms with Crippen molar-refractivity contribution < 1.29 is 9.47 Å². The number of H-pyrrole nitrogens is 1. The van der Waals surface area contributed by atoms with Crippen LogP contribution in [0.25, 0.3) is 22.4 Å². The number of aromatic nitrogens is 2. The lowest BCUT2D eigenvalue weighted by atomic mass is 10.1. The molecule has 0 bridgehead atoms. The second-order valence-corrected chi connectivity index (χ2v) is 4.89. The zero-order valence-corrected chi connectivity index (χ0v) is 11.1. The quantitative estimate of drug-likeness (QED) is 0.735. The summed E-state index contributed by atoms with van der Waals surface area (Å²) in [7, 11) is 0. The summed E-state index contributed by atoms with van der Waals surface area (Å²) in [4.78, 5) is 8.06. The minimum atomic E-state index is 0.573. The summed E-state index contributed by atoms with van der Waals surface area (Å²) in [5.74, 6) is 2.37. The van der Waals surface area contributed by atoms with E-state index in [1.54, 1.807) is 0 Å². The van der Waals surface area contributed by atoms with Crippen molar-refractivity contribution in [1.29, 1.82) is 0 Å². The Kier molecular flexibility index (Phi) is 2.42. The zero-order chi connectivity index (χ0) is 13.5. The predicted octanol–water partition coefficient (Wildman–Crippen LogP) is 3.31. The molecule has 0 atom stereocenters. The Bertz CT molecular complexity index is 792. The standard InChI is InChI=1S/C16H14N2O2/c1-10-4-2-6-12-14(10)18-16(17-12)11-5-3-7-13-15(11)20-9-8-19-13/h2-7H,8-9H2,1H3,(H,17,18). The fourth-order valence-corrected chi connectivity index (χ4v) is 2.56. The van der Waals surface area contributed by atoms with E-state index in [4.69, 9.17) is 14.5 Å². The average molecular weight is 266 g/mol. The molecule has 4 nitrogen and oxygen atoms in total. The Morgan fingerprint density at radius 2 is 1.90 bits per heavy atom. The highest BCUT2D eigenvalue weighted by atomic mass is 16.6. The number of nitrogens with one attached hydrogen (secondary N) is 1. The van der Waals surface area contributed by atoms with Crippen molar-refractivity contribution in [2.75, 3.05) is 13.2 Å². The molecule has 1 N–H and O–H groups in total. The van der Waals surface area contributed by atoms with Crippen LogP contribution < -0.4 is 9.47 Å². The summed E-state index contributed by atoms with van der Waals surface area (Å²) in [6.45, 7) is 3.23. The first-order chi connectivity index (χ1) is 9.83. The van der Waals surface area contributed by atoms with Gasteiger partial charge in [0.25, 0.3) is 0 Å². The number of ether oxygens (including phenoxy) is 2. The highest BCUT2D eigenvalue weighted by Crippen LogP contribution is 2.39. The smallest absolute Gasteiger partial charge is 0.172 e. The van der Waals surface area contributed by atoms with E-state index in [1.807, 2.05) is 30.3 Å². The zero-order valence-electron chi connectivity index (χ0n) is 11.1. The van der Waals surface area contributed by atoms with Gasteiger partial charge >= 0.3 is 0 Å². The van der Waals surface area contributed by atoms with Gasteiger partial charge in [0.05, 0.1) is 16.6 Å². The van der Waals surface area contributed by atoms with E-state index in [1.165, 1.54) is 0 Å². The molecule has 1 aliphatic rings. The first kappa shape index (κ1) is 11.3. The number of fused-ring (bicyclic) bond motifs is 2. The van der Waals surface area contributed by atoms with Crippen molar-refractivity contribution >= 4 is 11.0 Å². The molecule has 0 saturated heterocycles. The summed E-state index contributed by atoms with van der Waals surface area (Å²) in [5, 5.41) is 0. The van der Waals surface area contributed by atoms with Crippen LogP contribution in [0.15, 0.2) is 36.4 Å². The van der Waals surface area contributed by atoms with Gasteiger partial charge in [-0.3, -0.25) is 0 Å². The molecule has 0 aliphatic carbocycles. The Balaban J connectivity index is 1.93. The number of hydrogen-bond acceptors (Lipinski definition) is 3. The number of benzene rings is 2. The number of aromatic amines is 1. The van der Waals surface area contributed by atoms with Gasteiger partial charge in [-0.1, -0.05) is 18.2 Å². The molecule has 0 unspecified atom stereocenters. The molecule has 0 radical (unpaired) electrons. The van der Waals surface area contributed by atoms with Gasteiger partial charge < -0.3 is 14.5 Å². The van der Waals surface area contributed by atoms with Crippen molar-refractivity contribution in [1.82, 2.24) is 9.97 Å². The van der Waals surface area contributed by atoms with E-state index in [0.717, 1.165) is 39.5 Å². The molecule has 4 rings (SSSR count). The minimum Gasteiger partial charge on any atom is -0.486 e. The van der Waals surface area contributed by atoms with E-state index >= 15 is 0 Å². The van der Waals surface area contributed by atoms with Gasteiger partial charge in [-0.15, -0.1) is 0 Å². The summed E-state index contributed by atoms with van der Waals surface area (Å²) in [6.07, 6.45) is 0. The van der Waals surface area contributed by atoms with Gasteiger partial charge in [-0.05, 0) is 30.7 Å². The molecule has 3 aromatic rings. The van der Waals surface area contributed by atoms with Crippen LogP contribution in [0.4, 0.5) is 0 Å². The van der Waals surface area contributed by atoms with Crippen LogP contribution in [0.2, 0.25) is 0 Å². The van der Waals surface area contributed by atoms with E-state index < -0.39 is 0 Å². The molecule has 0 saturated carbocycles. The second kappa shape index (κ2) is 4.27. The van der Waals surface area contributed by atoms with Gasteiger partial charge in [0.15, 0.2) is 11.5 Å². The highest BCUT2D eigenvalue weighted by molar-refractivity contribution is 5.83. The third kappa shape index (κ3) is 1.65. The average Bonchev–Trinajstić information content (AvgIpc) is 2.92. The topological polar surface area (TPSA) is 47.1 Å². The number of nitrogens with zero attached hydrogens (tertiary/aromatic N) is 1. The molecular weight excluding hydrogens is 252 g/mol. The monoisotopic (exact) mass is 266 g/mol. The van der Waals surface area contributed by atoms with E-state index in [0.29, 0.717) is 13.2 Å². The molecule has 4 heteroatoms. The highest BCUT2D eigenvalue weighted by Gasteiger charge is 2.19. The van der Waals surface area contributed by atoms with Crippen molar-refractivity contribution in [3.05, 3.63) is 42.0 Å². The maximum Gasteiger partial charge on any atom is 0.172 e. The lowest BCUT2D eigenvalue weighted by Crippen LogP contribution is -2.15. The molecule has 20 heavy (non-hydrogen) atoms. The van der Waals surface area contributed by atoms with Gasteiger partial charge in [-0.2, -0.15) is 0 Å². The van der Waals surface area contributed by atoms with Crippen LogP contribution in [0.3, 0.4) is 0 Å². The van der Waals surface area contributed by atoms with Gasteiger partial charge in [0, 0.05) is 0 Å². The second-order valence-electron chi connectivity index (χ2n) is 4.89. The lowest BCUT2D eigenvalue weighted by molar-refractivity contribution is 0.172. The first-order valence-electron chi connectivity index (χ1n) is 6.67. The number of para-hydroxylation sites is 2. The summed E-state index contributed by atoms with van der Waals surface area (Å²) in [5.41, 5.74) is 4.14. The summed E-state index contributed by atoms with van der Waals surface area (Å²) in [6, 6.07) is 12.0. The molecule has 2 aromatic carbocycles. The van der Waals surface area contributed by atoms with Gasteiger partial charge in [0.1, 0.15) is 19.0 Å². The van der Waals surface area contributed by atoms with Gasteiger partial charge in [0.2, 0.25) is 0 Å². The van der Waals surface area contributed by atoms with E-state index in [-0.39, 0.29) is 0 Å². The Morgan fingerprint density at radius 1 is 1.05 bits per heavy atom. The van der Waals surface area contributed by atoms with E-state index in [9.17, 15) is 0 Å². The molecule has 1 aliphatic heterocycles. The SMILES string of the molecule is Cc1cccc2[nH]c(-c3cccc4c3OCCO4)nc12. The molecule has 0 spiro atoms. The third-order valence-corrected chi connectivity index (χ3v) is 3.54. The predicted molar refractivity (Wildman–Crippen MR) is 77.3 cm³/mol. The third-order valence-electron chi connectivity index (χ3n) is 3.54. The number of aryl methyl sites for hydroxylation is 1. The number of rotatable bonds is 1. The molecule has 2 heterocycles. The Morgan fingerprint density at radius 3 is 2.80 bits per heavy atom. The lowest BCUT2D eigenvalue weighted by Gasteiger charge is -2.20. The molecule has 0 amide bonds. The largest absolute Gasteiger partial charge is 0.486 e. The van der Waals surface area contributed by atoms with Crippen LogP contribution in [0.1, 0.15) is 5.56 Å². The van der Waals surface area contributed by atoms with Crippen molar-refractivity contribution in [3.8, 4) is 22.9 Å². The number of hydrogen-bond donors (Lipinski definition) is 1. The van der Waals surface area contributed by atoms with Crippen LogP contribution >= 0.6 is 0 Å². The summed E-state index contributed by atoms with van der Waals surface area (Å²) >= 11 is 0. The maximum absolute atomic E-state index is 5.75. The molecule has 1 aromatic heterocycles.